The van der Waals surface area contributed by atoms with E-state index in [0.29, 0.717) is 6.42 Å². The van der Waals surface area contributed by atoms with Crippen LogP contribution in [0.25, 0.3) is 0 Å². The summed E-state index contributed by atoms with van der Waals surface area (Å²) in [6.07, 6.45) is 20.2. The second kappa shape index (κ2) is 19.7. The van der Waals surface area contributed by atoms with Crippen LogP contribution in [0.2, 0.25) is 0 Å². The molecule has 0 bridgehead atoms. The van der Waals surface area contributed by atoms with E-state index < -0.39 is 5.97 Å². The van der Waals surface area contributed by atoms with E-state index in [1.54, 1.807) is 0 Å². The lowest BCUT2D eigenvalue weighted by Gasteiger charge is -2.03. The second-order valence-corrected chi connectivity index (χ2v) is 6.09. The Hall–Kier alpha value is -0.313. The number of hydrogen-bond donors (Lipinski definition) is 1. The van der Waals surface area contributed by atoms with Gasteiger partial charge in [-0.3, -0.25) is 4.79 Å². The van der Waals surface area contributed by atoms with Gasteiger partial charge in [-0.1, -0.05) is 96.8 Å². The molecular weight excluding hydrogens is 276 g/mol. The van der Waals surface area contributed by atoms with Crippen LogP contribution in [-0.2, 0) is 4.79 Å². The summed E-state index contributed by atoms with van der Waals surface area (Å²) < 4.78 is 0. The molecule has 0 saturated heterocycles. The van der Waals surface area contributed by atoms with Gasteiger partial charge in [-0.05, 0) is 17.4 Å². The molecule has 0 aromatic rings. The molecule has 128 valence electrons. The number of hydrogen-bond acceptors (Lipinski definition) is 1. The van der Waals surface area contributed by atoms with E-state index in [9.17, 15) is 4.79 Å². The Morgan fingerprint density at radius 3 is 1.19 bits per heavy atom. The minimum Gasteiger partial charge on any atom is -0.481 e. The van der Waals surface area contributed by atoms with E-state index in [-0.39, 0.29) is 11.0 Å². The van der Waals surface area contributed by atoms with Crippen molar-refractivity contribution >= 4 is 16.9 Å². The van der Waals surface area contributed by atoms with Crippen LogP contribution in [0, 0.1) is 0 Å². The summed E-state index contributed by atoms with van der Waals surface area (Å²) in [6.45, 7) is 2.27. The maximum absolute atomic E-state index is 10.3. The number of carbonyl (C=O) groups is 1. The molecule has 1 N–H and O–H groups in total. The molecule has 0 aromatic heterocycles. The molecule has 0 saturated carbocycles. The zero-order valence-electron chi connectivity index (χ0n) is 13.7. The smallest absolute Gasteiger partial charge is 0.303 e. The first kappa shape index (κ1) is 23.0. The van der Waals surface area contributed by atoms with Gasteiger partial charge in [-0.2, -0.15) is 0 Å². The topological polar surface area (TPSA) is 37.3 Å². The van der Waals surface area contributed by atoms with Crippen molar-refractivity contribution in [2.75, 3.05) is 0 Å². The molecule has 0 aliphatic heterocycles. The summed E-state index contributed by atoms with van der Waals surface area (Å²) >= 11 is 0. The molecule has 0 aliphatic rings. The molecule has 2 nitrogen and oxygen atoms in total. The largest absolute Gasteiger partial charge is 0.481 e. The normalized spacial score (nSPS) is 10.3. The van der Waals surface area contributed by atoms with E-state index in [1.807, 2.05) is 0 Å². The first-order valence-electron chi connectivity index (χ1n) is 8.99. The number of unbranched alkanes of at least 4 members (excludes halogenated alkanes) is 14. The van der Waals surface area contributed by atoms with Crippen LogP contribution in [0.1, 0.15) is 110 Å². The summed E-state index contributed by atoms with van der Waals surface area (Å²) in [4.78, 5) is 10.3. The quantitative estimate of drug-likeness (QED) is 0.325. The van der Waals surface area contributed by atoms with Gasteiger partial charge in [0.15, 0.2) is 0 Å². The first-order valence-corrected chi connectivity index (χ1v) is 8.99. The fourth-order valence-electron chi connectivity index (χ4n) is 2.65. The number of rotatable bonds is 16. The van der Waals surface area contributed by atoms with E-state index in [1.165, 1.54) is 83.5 Å². The Balaban J connectivity index is 0. The van der Waals surface area contributed by atoms with Gasteiger partial charge in [0.05, 0.1) is 0 Å². The molecule has 0 aromatic carbocycles. The molecule has 0 unspecified atom stereocenters. The molecule has 0 amide bonds. The molecule has 0 heterocycles. The van der Waals surface area contributed by atoms with Crippen molar-refractivity contribution in [2.24, 2.45) is 0 Å². The highest BCUT2D eigenvalue weighted by molar-refractivity contribution is 5.75. The fraction of sp³-hybridized carbons (Fsp3) is 0.944. The van der Waals surface area contributed by atoms with Gasteiger partial charge < -0.3 is 5.11 Å². The van der Waals surface area contributed by atoms with Crippen molar-refractivity contribution in [3.63, 3.8) is 0 Å². The standard InChI is InChI=1S/C18H36O2.H4Si/c1-2-3-4-5-6-7-8-9-10-11-12-13-14-15-16-17-18(19)20;/h2-17H2,1H3,(H,19,20);1H4. The van der Waals surface area contributed by atoms with Crippen LogP contribution in [0.15, 0.2) is 0 Å². The molecule has 21 heavy (non-hydrogen) atoms. The Labute approximate surface area is 137 Å². The lowest BCUT2D eigenvalue weighted by atomic mass is 10.0. The summed E-state index contributed by atoms with van der Waals surface area (Å²) in [5, 5.41) is 8.52. The van der Waals surface area contributed by atoms with E-state index in [4.69, 9.17) is 5.11 Å². The number of carboxylic acids is 1. The Morgan fingerprint density at radius 2 is 0.905 bits per heavy atom. The maximum Gasteiger partial charge on any atom is 0.303 e. The van der Waals surface area contributed by atoms with Crippen LogP contribution in [0.3, 0.4) is 0 Å². The third-order valence-electron chi connectivity index (χ3n) is 3.99. The van der Waals surface area contributed by atoms with Crippen LogP contribution in [-0.4, -0.2) is 22.0 Å². The van der Waals surface area contributed by atoms with E-state index in [2.05, 4.69) is 6.92 Å². The van der Waals surface area contributed by atoms with Gasteiger partial charge in [0.2, 0.25) is 0 Å². The predicted molar refractivity (Wildman–Crippen MR) is 98.5 cm³/mol. The van der Waals surface area contributed by atoms with Crippen molar-refractivity contribution < 1.29 is 9.90 Å². The van der Waals surface area contributed by atoms with Crippen LogP contribution < -0.4 is 0 Å². The Morgan fingerprint density at radius 1 is 0.619 bits per heavy atom. The Kier molecular flexibility index (Phi) is 21.5. The summed E-state index contributed by atoms with van der Waals surface area (Å²) in [6, 6.07) is 0. The highest BCUT2D eigenvalue weighted by Crippen LogP contribution is 2.13. The zero-order valence-corrected chi connectivity index (χ0v) is 13.7. The lowest BCUT2D eigenvalue weighted by molar-refractivity contribution is -0.137. The van der Waals surface area contributed by atoms with Gasteiger partial charge in [-0.15, -0.1) is 0 Å². The predicted octanol–water partition coefficient (Wildman–Crippen LogP) is 4.88. The lowest BCUT2D eigenvalue weighted by Crippen LogP contribution is -1.93. The van der Waals surface area contributed by atoms with Gasteiger partial charge >= 0.3 is 5.97 Å². The highest BCUT2D eigenvalue weighted by atomic mass is 28.1. The molecule has 0 rings (SSSR count). The van der Waals surface area contributed by atoms with Crippen LogP contribution in [0.4, 0.5) is 0 Å². The monoisotopic (exact) mass is 316 g/mol. The highest BCUT2D eigenvalue weighted by Gasteiger charge is 1.97. The first-order chi connectivity index (χ1) is 9.77. The molecule has 0 radical (unpaired) electrons. The summed E-state index contributed by atoms with van der Waals surface area (Å²) in [5.74, 6) is -0.653. The SMILES string of the molecule is CCCCCCCCCCCCCCCCCC(=O)O.[SiH4]. The van der Waals surface area contributed by atoms with Gasteiger partial charge in [0.1, 0.15) is 0 Å². The molecule has 0 atom stereocenters. The molecule has 3 heteroatoms. The number of aliphatic carboxylic acids is 1. The minimum absolute atomic E-state index is 0. The zero-order chi connectivity index (χ0) is 14.9. The van der Waals surface area contributed by atoms with Gasteiger partial charge in [0, 0.05) is 6.42 Å². The summed E-state index contributed by atoms with van der Waals surface area (Å²) in [7, 11) is 0. The second-order valence-electron chi connectivity index (χ2n) is 6.09. The fourth-order valence-corrected chi connectivity index (χ4v) is 2.65. The van der Waals surface area contributed by atoms with Crippen LogP contribution in [0.5, 0.6) is 0 Å². The average molecular weight is 317 g/mol. The van der Waals surface area contributed by atoms with Crippen molar-refractivity contribution in [2.45, 2.75) is 110 Å². The molecular formula is C18H40O2Si. The van der Waals surface area contributed by atoms with E-state index >= 15 is 0 Å². The third kappa shape index (κ3) is 22.1. The van der Waals surface area contributed by atoms with Gasteiger partial charge in [-0.25, -0.2) is 0 Å². The van der Waals surface area contributed by atoms with Crippen molar-refractivity contribution in [1.29, 1.82) is 0 Å². The Bertz CT molecular complexity index is 207. The number of carboxylic acid groups (broad SMARTS) is 1. The third-order valence-corrected chi connectivity index (χ3v) is 3.99. The maximum atomic E-state index is 10.3. The molecule has 0 aliphatic carbocycles. The minimum atomic E-state index is -0.653. The summed E-state index contributed by atoms with van der Waals surface area (Å²) in [5.41, 5.74) is 0. The molecule has 0 spiro atoms. The van der Waals surface area contributed by atoms with Crippen molar-refractivity contribution in [1.82, 2.24) is 0 Å². The van der Waals surface area contributed by atoms with Crippen molar-refractivity contribution in [3.8, 4) is 0 Å². The van der Waals surface area contributed by atoms with E-state index in [0.717, 1.165) is 12.8 Å². The average Bonchev–Trinajstić information content (AvgIpc) is 2.43. The van der Waals surface area contributed by atoms with Crippen molar-refractivity contribution in [3.05, 3.63) is 0 Å². The van der Waals surface area contributed by atoms with Crippen LogP contribution >= 0.6 is 0 Å². The molecule has 0 fully saturated rings. The van der Waals surface area contributed by atoms with Gasteiger partial charge in [0.25, 0.3) is 0 Å².